The zero-order valence-corrected chi connectivity index (χ0v) is 9.43. The summed E-state index contributed by atoms with van der Waals surface area (Å²) in [5.41, 5.74) is 17.8. The standard InChI is InChI=1S/C10H13B2N5/c11-7-3-1-2-6(8(7)12)4-5-16-10(15)17-9(13)14/h1-3H,4-5H2,(H6,13,14,15,16,17). The van der Waals surface area contributed by atoms with Gasteiger partial charge in [-0.3, -0.25) is 4.99 Å². The maximum Gasteiger partial charge on any atom is 0.218 e. The molecule has 0 aromatic heterocycles. The average Bonchev–Trinajstić information content (AvgIpc) is 2.23. The molecular formula is C10H13B2N5. The molecule has 6 N–H and O–H groups in total. The van der Waals surface area contributed by atoms with Gasteiger partial charge in [-0.25, -0.2) is 0 Å². The fourth-order valence-electron chi connectivity index (χ4n) is 1.31. The van der Waals surface area contributed by atoms with Crippen LogP contribution in [0.5, 0.6) is 0 Å². The van der Waals surface area contributed by atoms with Gasteiger partial charge in [-0.05, 0) is 6.42 Å². The van der Waals surface area contributed by atoms with Gasteiger partial charge in [0.2, 0.25) is 5.96 Å². The summed E-state index contributed by atoms with van der Waals surface area (Å²) in [7, 11) is 11.5. The van der Waals surface area contributed by atoms with E-state index in [0.29, 0.717) is 23.9 Å². The van der Waals surface area contributed by atoms with Crippen molar-refractivity contribution in [1.82, 2.24) is 0 Å². The van der Waals surface area contributed by atoms with Gasteiger partial charge in [-0.2, -0.15) is 4.99 Å². The van der Waals surface area contributed by atoms with E-state index in [2.05, 4.69) is 9.98 Å². The highest BCUT2D eigenvalue weighted by Crippen LogP contribution is 1.94. The molecule has 7 heteroatoms. The minimum absolute atomic E-state index is 0.0486. The summed E-state index contributed by atoms with van der Waals surface area (Å²) in [6.07, 6.45) is 0.623. The lowest BCUT2D eigenvalue weighted by Gasteiger charge is -2.07. The molecule has 0 atom stereocenters. The fraction of sp³-hybridized carbons (Fsp3) is 0.200. The van der Waals surface area contributed by atoms with Gasteiger partial charge >= 0.3 is 0 Å². The second-order valence-electron chi connectivity index (χ2n) is 3.45. The van der Waals surface area contributed by atoms with Gasteiger partial charge in [0.1, 0.15) is 15.7 Å². The Morgan fingerprint density at radius 3 is 2.53 bits per heavy atom. The van der Waals surface area contributed by atoms with Crippen LogP contribution in [-0.4, -0.2) is 34.2 Å². The number of rotatable bonds is 3. The van der Waals surface area contributed by atoms with E-state index >= 15 is 0 Å². The van der Waals surface area contributed by atoms with Gasteiger partial charge in [0.05, 0.1) is 0 Å². The van der Waals surface area contributed by atoms with Crippen molar-refractivity contribution in [1.29, 1.82) is 0 Å². The van der Waals surface area contributed by atoms with Crippen molar-refractivity contribution in [2.75, 3.05) is 6.54 Å². The van der Waals surface area contributed by atoms with Crippen LogP contribution in [0.4, 0.5) is 0 Å². The highest BCUT2D eigenvalue weighted by atomic mass is 15.1. The van der Waals surface area contributed by atoms with Gasteiger partial charge in [0.15, 0.2) is 5.96 Å². The van der Waals surface area contributed by atoms with Crippen molar-refractivity contribution in [3.8, 4) is 0 Å². The summed E-state index contributed by atoms with van der Waals surface area (Å²) in [4.78, 5) is 7.57. The highest BCUT2D eigenvalue weighted by molar-refractivity contribution is 6.49. The molecule has 0 spiro atoms. The molecule has 0 saturated heterocycles. The van der Waals surface area contributed by atoms with Crippen LogP contribution in [0.25, 0.3) is 0 Å². The van der Waals surface area contributed by atoms with Gasteiger partial charge in [0, 0.05) is 6.54 Å². The number of guanidine groups is 2. The summed E-state index contributed by atoms with van der Waals surface area (Å²) in [6.45, 7) is 0.441. The summed E-state index contributed by atoms with van der Waals surface area (Å²) in [5.74, 6) is -0.0674. The molecule has 5 nitrogen and oxygen atoms in total. The molecule has 0 aliphatic heterocycles. The first-order valence-electron chi connectivity index (χ1n) is 5.03. The Kier molecular flexibility index (Phi) is 4.63. The molecule has 0 aliphatic carbocycles. The van der Waals surface area contributed by atoms with Crippen LogP contribution in [0.1, 0.15) is 5.56 Å². The third-order valence-electron chi connectivity index (χ3n) is 2.13. The molecule has 0 unspecified atom stereocenters. The van der Waals surface area contributed by atoms with E-state index in [1.54, 1.807) is 6.07 Å². The summed E-state index contributed by atoms with van der Waals surface area (Å²) < 4.78 is 0. The molecule has 1 rings (SSSR count). The van der Waals surface area contributed by atoms with Crippen molar-refractivity contribution in [3.63, 3.8) is 0 Å². The SMILES string of the molecule is [B]c1cccc(CCN=C(N)N=C(N)N)c1[B]. The van der Waals surface area contributed by atoms with Crippen LogP contribution in [0.3, 0.4) is 0 Å². The molecule has 84 valence electrons. The van der Waals surface area contributed by atoms with Gasteiger partial charge < -0.3 is 17.2 Å². The molecule has 1 aromatic rings. The van der Waals surface area contributed by atoms with Crippen molar-refractivity contribution in [3.05, 3.63) is 23.8 Å². The average molecular weight is 225 g/mol. The quantitative estimate of drug-likeness (QED) is 0.298. The van der Waals surface area contributed by atoms with E-state index in [1.165, 1.54) is 0 Å². The normalized spacial score (nSPS) is 11.2. The van der Waals surface area contributed by atoms with E-state index in [0.717, 1.165) is 5.56 Å². The molecule has 0 amide bonds. The fourth-order valence-corrected chi connectivity index (χ4v) is 1.31. The van der Waals surface area contributed by atoms with Crippen molar-refractivity contribution >= 4 is 38.5 Å². The number of benzene rings is 1. The lowest BCUT2D eigenvalue weighted by atomic mass is 9.77. The van der Waals surface area contributed by atoms with Crippen LogP contribution >= 0.6 is 0 Å². The Labute approximate surface area is 103 Å². The zero-order valence-electron chi connectivity index (χ0n) is 9.43. The van der Waals surface area contributed by atoms with Crippen LogP contribution in [-0.2, 0) is 6.42 Å². The first-order valence-corrected chi connectivity index (χ1v) is 5.03. The largest absolute Gasteiger partial charge is 0.370 e. The minimum atomic E-state index is -0.116. The van der Waals surface area contributed by atoms with Gasteiger partial charge in [-0.15, -0.1) is 10.9 Å². The maximum atomic E-state index is 5.81. The van der Waals surface area contributed by atoms with Gasteiger partial charge in [0.25, 0.3) is 0 Å². The molecule has 1 aromatic carbocycles. The first-order chi connectivity index (χ1) is 8.00. The number of nitrogens with two attached hydrogens (primary N) is 3. The first kappa shape index (κ1) is 13.2. The summed E-state index contributed by atoms with van der Waals surface area (Å²) in [5, 5.41) is 0. The molecule has 4 radical (unpaired) electrons. The predicted octanol–water partition coefficient (Wildman–Crippen LogP) is -2.60. The van der Waals surface area contributed by atoms with Gasteiger partial charge in [-0.1, -0.05) is 23.8 Å². The van der Waals surface area contributed by atoms with E-state index in [9.17, 15) is 0 Å². The van der Waals surface area contributed by atoms with Crippen molar-refractivity contribution < 1.29 is 0 Å². The molecule has 0 bridgehead atoms. The minimum Gasteiger partial charge on any atom is -0.370 e. The third-order valence-corrected chi connectivity index (χ3v) is 2.13. The summed E-state index contributed by atoms with van der Waals surface area (Å²) in [6, 6.07) is 5.47. The maximum absolute atomic E-state index is 5.81. The van der Waals surface area contributed by atoms with E-state index < -0.39 is 0 Å². The van der Waals surface area contributed by atoms with Crippen LogP contribution < -0.4 is 28.1 Å². The Morgan fingerprint density at radius 2 is 1.88 bits per heavy atom. The Bertz CT molecular complexity index is 452. The molecule has 0 aliphatic rings. The highest BCUT2D eigenvalue weighted by Gasteiger charge is 1.99. The molecule has 17 heavy (non-hydrogen) atoms. The topological polar surface area (TPSA) is 103 Å². The molecule has 0 saturated carbocycles. The van der Waals surface area contributed by atoms with E-state index in [4.69, 9.17) is 32.9 Å². The number of aliphatic imine (C=N–C) groups is 2. The van der Waals surface area contributed by atoms with Crippen LogP contribution in [0.2, 0.25) is 0 Å². The predicted molar refractivity (Wildman–Crippen MR) is 73.2 cm³/mol. The Balaban J connectivity index is 2.63. The Morgan fingerprint density at radius 1 is 1.18 bits per heavy atom. The monoisotopic (exact) mass is 225 g/mol. The van der Waals surface area contributed by atoms with E-state index in [-0.39, 0.29) is 11.9 Å². The molecular weight excluding hydrogens is 212 g/mol. The second-order valence-corrected chi connectivity index (χ2v) is 3.45. The number of hydrogen-bond donors (Lipinski definition) is 3. The lowest BCUT2D eigenvalue weighted by Crippen LogP contribution is -2.29. The number of nitrogens with zero attached hydrogens (tertiary/aromatic N) is 2. The molecule has 0 heterocycles. The third kappa shape index (κ3) is 4.22. The Hall–Kier alpha value is -1.91. The van der Waals surface area contributed by atoms with Crippen LogP contribution in [0.15, 0.2) is 28.2 Å². The number of hydrogen-bond acceptors (Lipinski definition) is 1. The second kappa shape index (κ2) is 5.98. The smallest absolute Gasteiger partial charge is 0.218 e. The lowest BCUT2D eigenvalue weighted by molar-refractivity contribution is 0.968. The van der Waals surface area contributed by atoms with E-state index in [1.807, 2.05) is 12.1 Å². The molecule has 0 fully saturated rings. The zero-order chi connectivity index (χ0) is 12.8. The van der Waals surface area contributed by atoms with Crippen molar-refractivity contribution in [2.24, 2.45) is 27.2 Å². The van der Waals surface area contributed by atoms with Crippen LogP contribution in [0, 0.1) is 0 Å². The van der Waals surface area contributed by atoms with Crippen molar-refractivity contribution in [2.45, 2.75) is 6.42 Å². The summed E-state index contributed by atoms with van der Waals surface area (Å²) >= 11 is 0.